The molecule has 1 saturated heterocycles. The number of nitro groups is 1. The molecule has 0 unspecified atom stereocenters. The Morgan fingerprint density at radius 1 is 0.935 bits per heavy atom. The summed E-state index contributed by atoms with van der Waals surface area (Å²) >= 11 is 3.41. The van der Waals surface area contributed by atoms with E-state index in [0.29, 0.717) is 5.56 Å². The van der Waals surface area contributed by atoms with Gasteiger partial charge >= 0.3 is 0 Å². The van der Waals surface area contributed by atoms with Crippen molar-refractivity contribution >= 4 is 33.5 Å². The second-order valence-corrected chi connectivity index (χ2v) is 8.76. The fourth-order valence-corrected chi connectivity index (χ4v) is 5.15. The Hall–Kier alpha value is -3.25. The van der Waals surface area contributed by atoms with Crippen LogP contribution >= 0.6 is 15.9 Å². The summed E-state index contributed by atoms with van der Waals surface area (Å²) in [5.41, 5.74) is 3.17. The van der Waals surface area contributed by atoms with Crippen molar-refractivity contribution in [3.63, 3.8) is 0 Å². The highest BCUT2D eigenvalue weighted by Gasteiger charge is 2.58. The molecule has 1 fully saturated rings. The maximum atomic E-state index is 13.9. The molecule has 5 nitrogen and oxygen atoms in total. The second kappa shape index (κ2) is 7.78. The van der Waals surface area contributed by atoms with Gasteiger partial charge < -0.3 is 4.90 Å². The van der Waals surface area contributed by atoms with E-state index >= 15 is 0 Å². The summed E-state index contributed by atoms with van der Waals surface area (Å²) < 4.78 is 0.877. The standard InChI is InChI=1S/C25H19BrN2O3/c26-19-13-10-18(11-14-19)25(29)24-22(17-7-2-1-3-8-17)23(28(30)31)21-15-12-16-6-4-5-9-20(16)27(21)24/h1-15,21-24H/t21-,22-,23-,24-/m0/s1. The first kappa shape index (κ1) is 19.7. The van der Waals surface area contributed by atoms with Crippen LogP contribution in [0.1, 0.15) is 27.4 Å². The molecule has 0 saturated carbocycles. The lowest BCUT2D eigenvalue weighted by Gasteiger charge is -2.34. The fraction of sp³-hybridized carbons (Fsp3) is 0.160. The van der Waals surface area contributed by atoms with Crippen molar-refractivity contribution in [2.75, 3.05) is 4.90 Å². The Kier molecular flexibility index (Phi) is 4.94. The molecule has 0 amide bonds. The number of halogens is 1. The van der Waals surface area contributed by atoms with Crippen molar-refractivity contribution in [2.45, 2.75) is 24.0 Å². The number of anilines is 1. The lowest BCUT2D eigenvalue weighted by atomic mass is 9.84. The van der Waals surface area contributed by atoms with Crippen LogP contribution in [0.25, 0.3) is 6.08 Å². The van der Waals surface area contributed by atoms with Gasteiger partial charge in [0.25, 0.3) is 0 Å². The summed E-state index contributed by atoms with van der Waals surface area (Å²) in [6.45, 7) is 0. The number of Topliss-reactive ketones (excluding diaryl/α,β-unsaturated/α-hetero) is 1. The molecule has 154 valence electrons. The van der Waals surface area contributed by atoms with E-state index in [2.05, 4.69) is 15.9 Å². The van der Waals surface area contributed by atoms with Crippen LogP contribution in [-0.2, 0) is 0 Å². The van der Waals surface area contributed by atoms with E-state index in [4.69, 9.17) is 0 Å². The Bertz CT molecular complexity index is 1180. The number of hydrogen-bond donors (Lipinski definition) is 0. The van der Waals surface area contributed by atoms with E-state index in [1.807, 2.05) is 83.8 Å². The minimum Gasteiger partial charge on any atom is -0.346 e. The van der Waals surface area contributed by atoms with Crippen molar-refractivity contribution in [3.05, 3.63) is 116 Å². The molecule has 0 aliphatic carbocycles. The minimum atomic E-state index is -0.934. The first-order valence-electron chi connectivity index (χ1n) is 10.1. The van der Waals surface area contributed by atoms with E-state index in [-0.39, 0.29) is 10.7 Å². The summed E-state index contributed by atoms with van der Waals surface area (Å²) in [5.74, 6) is -0.686. The fourth-order valence-electron chi connectivity index (χ4n) is 4.89. The minimum absolute atomic E-state index is 0.110. The molecular formula is C25H19BrN2O3. The third-order valence-corrected chi connectivity index (χ3v) is 6.72. The monoisotopic (exact) mass is 474 g/mol. The molecule has 3 aromatic carbocycles. The lowest BCUT2D eigenvalue weighted by molar-refractivity contribution is -0.524. The van der Waals surface area contributed by atoms with E-state index < -0.39 is 24.0 Å². The molecule has 2 aliphatic heterocycles. The number of carbonyl (C=O) groups is 1. The zero-order valence-corrected chi connectivity index (χ0v) is 18.1. The molecule has 0 aromatic heterocycles. The average molecular weight is 475 g/mol. The smallest absolute Gasteiger partial charge is 0.245 e. The van der Waals surface area contributed by atoms with Gasteiger partial charge in [-0.05, 0) is 29.3 Å². The highest BCUT2D eigenvalue weighted by Crippen LogP contribution is 2.46. The molecule has 0 spiro atoms. The van der Waals surface area contributed by atoms with Gasteiger partial charge in [-0.1, -0.05) is 88.7 Å². The molecule has 5 rings (SSSR count). The zero-order valence-electron chi connectivity index (χ0n) is 16.5. The highest BCUT2D eigenvalue weighted by molar-refractivity contribution is 9.10. The summed E-state index contributed by atoms with van der Waals surface area (Å²) in [6.07, 6.45) is 3.81. The van der Waals surface area contributed by atoms with Gasteiger partial charge in [0.2, 0.25) is 6.04 Å². The van der Waals surface area contributed by atoms with Gasteiger partial charge in [-0.2, -0.15) is 0 Å². The molecular weight excluding hydrogens is 456 g/mol. The highest BCUT2D eigenvalue weighted by atomic mass is 79.9. The normalized spacial score (nSPS) is 23.8. The second-order valence-electron chi connectivity index (χ2n) is 7.84. The predicted octanol–water partition coefficient (Wildman–Crippen LogP) is 5.35. The van der Waals surface area contributed by atoms with Crippen molar-refractivity contribution in [1.29, 1.82) is 0 Å². The third kappa shape index (κ3) is 3.27. The summed E-state index contributed by atoms with van der Waals surface area (Å²) in [4.78, 5) is 27.9. The SMILES string of the molecule is O=C(c1ccc(Br)cc1)[C@@H]1[C@@H](c2ccccc2)[C@@H]([N+](=O)[O-])[C@@H]2C=Cc3ccccc3N12. The number of benzene rings is 3. The van der Waals surface area contributed by atoms with Crippen molar-refractivity contribution in [1.82, 2.24) is 0 Å². The predicted molar refractivity (Wildman–Crippen MR) is 124 cm³/mol. The number of hydrogen-bond acceptors (Lipinski definition) is 4. The largest absolute Gasteiger partial charge is 0.346 e. The van der Waals surface area contributed by atoms with Gasteiger partial charge in [-0.3, -0.25) is 14.9 Å². The van der Waals surface area contributed by atoms with Gasteiger partial charge in [-0.15, -0.1) is 0 Å². The molecule has 0 N–H and O–H groups in total. The van der Waals surface area contributed by atoms with E-state index in [9.17, 15) is 14.9 Å². The van der Waals surface area contributed by atoms with Crippen LogP contribution in [0.4, 0.5) is 5.69 Å². The number of fused-ring (bicyclic) bond motifs is 3. The number of para-hydroxylation sites is 1. The molecule has 0 bridgehead atoms. The Morgan fingerprint density at radius 3 is 2.32 bits per heavy atom. The molecule has 2 heterocycles. The van der Waals surface area contributed by atoms with E-state index in [1.54, 1.807) is 12.1 Å². The first-order valence-corrected chi connectivity index (χ1v) is 10.9. The zero-order chi connectivity index (χ0) is 21.5. The van der Waals surface area contributed by atoms with Crippen LogP contribution in [-0.4, -0.2) is 28.8 Å². The van der Waals surface area contributed by atoms with Crippen LogP contribution in [0.3, 0.4) is 0 Å². The van der Waals surface area contributed by atoms with Crippen LogP contribution in [0.2, 0.25) is 0 Å². The topological polar surface area (TPSA) is 63.4 Å². The van der Waals surface area contributed by atoms with Gasteiger partial charge in [0.05, 0.1) is 5.92 Å². The van der Waals surface area contributed by atoms with Crippen molar-refractivity contribution < 1.29 is 9.72 Å². The van der Waals surface area contributed by atoms with Crippen molar-refractivity contribution in [2.24, 2.45) is 0 Å². The lowest BCUT2D eigenvalue weighted by Crippen LogP contribution is -2.44. The summed E-state index contributed by atoms with van der Waals surface area (Å²) in [5, 5.41) is 12.3. The summed E-state index contributed by atoms with van der Waals surface area (Å²) in [6, 6.07) is 22.2. The number of nitrogens with zero attached hydrogens (tertiary/aromatic N) is 2. The van der Waals surface area contributed by atoms with E-state index in [0.717, 1.165) is 21.3 Å². The Balaban J connectivity index is 1.72. The van der Waals surface area contributed by atoms with Crippen LogP contribution in [0.15, 0.2) is 89.4 Å². The molecule has 4 atom stereocenters. The van der Waals surface area contributed by atoms with Gasteiger partial charge in [0.15, 0.2) is 5.78 Å². The van der Waals surface area contributed by atoms with E-state index in [1.165, 1.54) is 0 Å². The average Bonchev–Trinajstić information content (AvgIpc) is 3.15. The quantitative estimate of drug-likeness (QED) is 0.290. The number of rotatable bonds is 4. The molecule has 0 radical (unpaired) electrons. The summed E-state index contributed by atoms with van der Waals surface area (Å²) in [7, 11) is 0. The maximum absolute atomic E-state index is 13.9. The first-order chi connectivity index (χ1) is 15.1. The van der Waals surface area contributed by atoms with Gasteiger partial charge in [-0.25, -0.2) is 0 Å². The van der Waals surface area contributed by atoms with Crippen LogP contribution in [0, 0.1) is 10.1 Å². The van der Waals surface area contributed by atoms with Crippen LogP contribution in [0.5, 0.6) is 0 Å². The van der Waals surface area contributed by atoms with Gasteiger partial charge in [0.1, 0.15) is 12.1 Å². The Labute approximate surface area is 188 Å². The number of ketones is 1. The van der Waals surface area contributed by atoms with Gasteiger partial charge in [0, 0.05) is 20.6 Å². The maximum Gasteiger partial charge on any atom is 0.245 e. The van der Waals surface area contributed by atoms with Crippen molar-refractivity contribution in [3.8, 4) is 0 Å². The Morgan fingerprint density at radius 2 is 1.61 bits per heavy atom. The molecule has 2 aliphatic rings. The molecule has 3 aromatic rings. The van der Waals surface area contributed by atoms with Crippen LogP contribution < -0.4 is 4.90 Å². The third-order valence-electron chi connectivity index (χ3n) is 6.19. The molecule has 6 heteroatoms. The molecule has 31 heavy (non-hydrogen) atoms. The number of carbonyl (C=O) groups excluding carboxylic acids is 1.